The first-order chi connectivity index (χ1) is 8.79. The van der Waals surface area contributed by atoms with E-state index >= 15 is 0 Å². The monoisotopic (exact) mass is 263 g/mol. The summed E-state index contributed by atoms with van der Waals surface area (Å²) in [6.45, 7) is 2.64. The Balaban J connectivity index is 1.97. The highest BCUT2D eigenvalue weighted by Gasteiger charge is 2.18. The van der Waals surface area contributed by atoms with Crippen LogP contribution in [-0.2, 0) is 19.3 Å². The number of fused-ring (bicyclic) bond motifs is 1. The number of nitrogens with zero attached hydrogens (tertiary/aromatic N) is 4. The fourth-order valence-corrected chi connectivity index (χ4v) is 3.49. The van der Waals surface area contributed by atoms with Gasteiger partial charge in [0, 0.05) is 11.3 Å². The van der Waals surface area contributed by atoms with Crippen molar-refractivity contribution in [3.8, 4) is 5.13 Å². The molecule has 2 heterocycles. The Hall–Kier alpha value is -1.27. The lowest BCUT2D eigenvalue weighted by Gasteiger charge is -2.06. The Bertz CT molecular complexity index is 533. The van der Waals surface area contributed by atoms with E-state index in [4.69, 9.17) is 10.7 Å². The molecule has 0 radical (unpaired) electrons. The van der Waals surface area contributed by atoms with Crippen LogP contribution in [0.15, 0.2) is 0 Å². The molecule has 2 N–H and O–H groups in total. The Morgan fingerprint density at radius 1 is 1.33 bits per heavy atom. The van der Waals surface area contributed by atoms with Crippen molar-refractivity contribution in [3.05, 3.63) is 22.0 Å². The first-order valence-corrected chi connectivity index (χ1v) is 7.21. The minimum atomic E-state index is 0.605. The van der Waals surface area contributed by atoms with Crippen LogP contribution in [0, 0.1) is 6.92 Å². The molecule has 0 aliphatic heterocycles. The molecule has 6 heteroatoms. The SMILES string of the molecule is Cc1c(CCN)nnn1-c1nc2c(s1)CCCC2. The summed E-state index contributed by atoms with van der Waals surface area (Å²) in [7, 11) is 0. The van der Waals surface area contributed by atoms with Crippen LogP contribution in [0.3, 0.4) is 0 Å². The molecule has 3 rings (SSSR count). The van der Waals surface area contributed by atoms with Gasteiger partial charge in [0.1, 0.15) is 0 Å². The maximum atomic E-state index is 5.57. The molecule has 0 aromatic carbocycles. The van der Waals surface area contributed by atoms with E-state index in [1.807, 2.05) is 11.6 Å². The highest BCUT2D eigenvalue weighted by atomic mass is 32.1. The molecule has 1 aliphatic carbocycles. The molecule has 0 fully saturated rings. The molecule has 0 saturated heterocycles. The van der Waals surface area contributed by atoms with Gasteiger partial charge in [-0.25, -0.2) is 4.98 Å². The van der Waals surface area contributed by atoms with Gasteiger partial charge >= 0.3 is 0 Å². The van der Waals surface area contributed by atoms with Gasteiger partial charge in [0.25, 0.3) is 0 Å². The van der Waals surface area contributed by atoms with Crippen molar-refractivity contribution in [2.24, 2.45) is 5.73 Å². The van der Waals surface area contributed by atoms with Gasteiger partial charge in [0.2, 0.25) is 5.13 Å². The second-order valence-corrected chi connectivity index (χ2v) is 5.71. The van der Waals surface area contributed by atoms with E-state index in [2.05, 4.69) is 10.3 Å². The summed E-state index contributed by atoms with van der Waals surface area (Å²) in [6, 6.07) is 0. The topological polar surface area (TPSA) is 69.6 Å². The summed E-state index contributed by atoms with van der Waals surface area (Å²) in [5, 5.41) is 9.35. The lowest BCUT2D eigenvalue weighted by molar-refractivity contribution is 0.678. The molecule has 0 amide bonds. The van der Waals surface area contributed by atoms with E-state index in [0.717, 1.165) is 35.8 Å². The summed E-state index contributed by atoms with van der Waals surface area (Å²) >= 11 is 1.75. The highest BCUT2D eigenvalue weighted by molar-refractivity contribution is 7.14. The van der Waals surface area contributed by atoms with Crippen LogP contribution in [0.1, 0.15) is 34.8 Å². The summed E-state index contributed by atoms with van der Waals surface area (Å²) in [6.07, 6.45) is 5.58. The first kappa shape index (κ1) is 11.8. The molecule has 96 valence electrons. The normalized spacial score (nSPS) is 14.8. The Kier molecular flexibility index (Phi) is 3.13. The maximum Gasteiger partial charge on any atom is 0.212 e. The largest absolute Gasteiger partial charge is 0.330 e. The van der Waals surface area contributed by atoms with Gasteiger partial charge in [-0.15, -0.1) is 5.10 Å². The van der Waals surface area contributed by atoms with Crippen LogP contribution < -0.4 is 5.73 Å². The third-order valence-electron chi connectivity index (χ3n) is 3.39. The van der Waals surface area contributed by atoms with Crippen molar-refractivity contribution in [1.82, 2.24) is 20.0 Å². The molecule has 2 aromatic heterocycles. The van der Waals surface area contributed by atoms with Crippen molar-refractivity contribution in [1.29, 1.82) is 0 Å². The van der Waals surface area contributed by atoms with Gasteiger partial charge in [-0.2, -0.15) is 4.68 Å². The Morgan fingerprint density at radius 3 is 2.94 bits per heavy atom. The van der Waals surface area contributed by atoms with Crippen molar-refractivity contribution < 1.29 is 0 Å². The zero-order valence-electron chi connectivity index (χ0n) is 10.5. The van der Waals surface area contributed by atoms with E-state index in [-0.39, 0.29) is 0 Å². The summed E-state index contributed by atoms with van der Waals surface area (Å²) in [5.74, 6) is 0. The maximum absolute atomic E-state index is 5.57. The van der Waals surface area contributed by atoms with Crippen molar-refractivity contribution in [3.63, 3.8) is 0 Å². The van der Waals surface area contributed by atoms with Crippen molar-refractivity contribution >= 4 is 11.3 Å². The summed E-state index contributed by atoms with van der Waals surface area (Å²) in [4.78, 5) is 6.13. The van der Waals surface area contributed by atoms with Gasteiger partial charge in [-0.05, 0) is 39.2 Å². The van der Waals surface area contributed by atoms with Crippen molar-refractivity contribution in [2.45, 2.75) is 39.0 Å². The second-order valence-electron chi connectivity index (χ2n) is 4.65. The predicted molar refractivity (Wildman–Crippen MR) is 71.2 cm³/mol. The van der Waals surface area contributed by atoms with Crippen LogP contribution in [0.2, 0.25) is 0 Å². The third kappa shape index (κ3) is 1.95. The number of thiazole rings is 1. The number of hydrogen-bond donors (Lipinski definition) is 1. The van der Waals surface area contributed by atoms with E-state index in [1.54, 1.807) is 11.3 Å². The lowest BCUT2D eigenvalue weighted by Crippen LogP contribution is -2.05. The van der Waals surface area contributed by atoms with Crippen LogP contribution in [0.5, 0.6) is 0 Å². The first-order valence-electron chi connectivity index (χ1n) is 6.40. The van der Waals surface area contributed by atoms with Gasteiger partial charge in [0.05, 0.1) is 17.1 Å². The number of aromatic nitrogens is 4. The molecular formula is C12H17N5S. The number of hydrogen-bond acceptors (Lipinski definition) is 5. The van der Waals surface area contributed by atoms with Gasteiger partial charge in [-0.1, -0.05) is 16.6 Å². The summed E-state index contributed by atoms with van der Waals surface area (Å²) in [5.41, 5.74) is 8.87. The number of nitrogens with two attached hydrogens (primary N) is 1. The molecule has 1 aliphatic rings. The van der Waals surface area contributed by atoms with E-state index < -0.39 is 0 Å². The van der Waals surface area contributed by atoms with E-state index in [1.165, 1.54) is 23.4 Å². The molecule has 2 aromatic rings. The van der Waals surface area contributed by atoms with Crippen LogP contribution in [0.25, 0.3) is 5.13 Å². The molecule has 18 heavy (non-hydrogen) atoms. The smallest absolute Gasteiger partial charge is 0.212 e. The molecule has 0 spiro atoms. The molecule has 0 bridgehead atoms. The van der Waals surface area contributed by atoms with Crippen LogP contribution in [-0.4, -0.2) is 26.5 Å². The Labute approximate surface area is 110 Å². The molecule has 0 atom stereocenters. The third-order valence-corrected chi connectivity index (χ3v) is 4.52. The number of rotatable bonds is 3. The van der Waals surface area contributed by atoms with E-state index in [0.29, 0.717) is 6.54 Å². The second kappa shape index (κ2) is 4.78. The fourth-order valence-electron chi connectivity index (χ4n) is 2.34. The zero-order chi connectivity index (χ0) is 12.5. The number of aryl methyl sites for hydroxylation is 2. The predicted octanol–water partition coefficient (Wildman–Crippen LogP) is 1.41. The Morgan fingerprint density at radius 2 is 2.17 bits per heavy atom. The van der Waals surface area contributed by atoms with Gasteiger partial charge in [0.15, 0.2) is 0 Å². The van der Waals surface area contributed by atoms with Crippen molar-refractivity contribution in [2.75, 3.05) is 6.54 Å². The molecule has 0 saturated carbocycles. The van der Waals surface area contributed by atoms with Gasteiger partial charge in [-0.3, -0.25) is 0 Å². The standard InChI is InChI=1S/C12H17N5S/c1-8-9(6-7-13)15-16-17(8)12-14-10-4-2-3-5-11(10)18-12/h2-7,13H2,1H3. The fraction of sp³-hybridized carbons (Fsp3) is 0.583. The van der Waals surface area contributed by atoms with Crippen LogP contribution in [0.4, 0.5) is 0 Å². The lowest BCUT2D eigenvalue weighted by atomic mass is 10.0. The molecular weight excluding hydrogens is 246 g/mol. The van der Waals surface area contributed by atoms with Gasteiger partial charge < -0.3 is 5.73 Å². The average molecular weight is 263 g/mol. The zero-order valence-corrected chi connectivity index (χ0v) is 11.3. The average Bonchev–Trinajstić information content (AvgIpc) is 2.94. The molecule has 0 unspecified atom stereocenters. The highest BCUT2D eigenvalue weighted by Crippen LogP contribution is 2.29. The minimum absolute atomic E-state index is 0.605. The summed E-state index contributed by atoms with van der Waals surface area (Å²) < 4.78 is 1.86. The van der Waals surface area contributed by atoms with Crippen LogP contribution >= 0.6 is 11.3 Å². The quantitative estimate of drug-likeness (QED) is 0.909. The van der Waals surface area contributed by atoms with E-state index in [9.17, 15) is 0 Å². The molecule has 5 nitrogen and oxygen atoms in total. The minimum Gasteiger partial charge on any atom is -0.330 e.